The molecule has 1 atom stereocenters. The van der Waals surface area contributed by atoms with Gasteiger partial charge in [0.25, 0.3) is 0 Å². The van der Waals surface area contributed by atoms with Crippen molar-refractivity contribution in [2.75, 3.05) is 13.2 Å². The highest BCUT2D eigenvalue weighted by atomic mass is 28.3. The number of carbonyl (C=O) groups is 1. The molecule has 2 aromatic rings. The van der Waals surface area contributed by atoms with Gasteiger partial charge < -0.3 is 14.2 Å². The van der Waals surface area contributed by atoms with Crippen LogP contribution in [-0.4, -0.2) is 27.3 Å². The van der Waals surface area contributed by atoms with Crippen LogP contribution in [0.2, 0.25) is 25.7 Å². The lowest BCUT2D eigenvalue weighted by Crippen LogP contribution is -2.18. The topological polar surface area (TPSA) is 44.8 Å². The van der Waals surface area contributed by atoms with Gasteiger partial charge in [0.05, 0.1) is 18.8 Å². The van der Waals surface area contributed by atoms with E-state index in [4.69, 9.17) is 14.2 Å². The van der Waals surface area contributed by atoms with Crippen molar-refractivity contribution in [3.8, 4) is 17.2 Å². The molecule has 0 spiro atoms. The Kier molecular flexibility index (Phi) is 10.8. The maximum Gasteiger partial charge on any atom is 0.343 e. The van der Waals surface area contributed by atoms with Gasteiger partial charge in [-0.15, -0.1) is 0 Å². The summed E-state index contributed by atoms with van der Waals surface area (Å²) in [6.07, 6.45) is 5.96. The molecule has 2 aromatic carbocycles. The maximum atomic E-state index is 12.4. The molecule has 176 valence electrons. The summed E-state index contributed by atoms with van der Waals surface area (Å²) in [5, 5.41) is 0. The highest BCUT2D eigenvalue weighted by molar-refractivity contribution is 6.76. The average molecular weight is 457 g/mol. The van der Waals surface area contributed by atoms with Crippen LogP contribution in [0.4, 0.5) is 0 Å². The fourth-order valence-electron chi connectivity index (χ4n) is 3.11. The van der Waals surface area contributed by atoms with Crippen LogP contribution in [0.5, 0.6) is 17.2 Å². The molecule has 0 aromatic heterocycles. The lowest BCUT2D eigenvalue weighted by Gasteiger charge is -2.14. The van der Waals surface area contributed by atoms with Crippen LogP contribution in [0.15, 0.2) is 48.5 Å². The number of benzene rings is 2. The van der Waals surface area contributed by atoms with Crippen LogP contribution < -0.4 is 14.2 Å². The predicted octanol–water partition coefficient (Wildman–Crippen LogP) is 7.61. The second kappa shape index (κ2) is 13.3. The lowest BCUT2D eigenvalue weighted by atomic mass is 10.1. The molecule has 0 aliphatic rings. The van der Waals surface area contributed by atoms with E-state index in [1.54, 1.807) is 24.3 Å². The van der Waals surface area contributed by atoms with Gasteiger partial charge in [-0.25, -0.2) is 4.79 Å². The largest absolute Gasteiger partial charge is 0.494 e. The number of ether oxygens (including phenoxy) is 3. The van der Waals surface area contributed by atoms with E-state index in [1.807, 2.05) is 24.3 Å². The van der Waals surface area contributed by atoms with Crippen molar-refractivity contribution in [3.63, 3.8) is 0 Å². The van der Waals surface area contributed by atoms with E-state index in [9.17, 15) is 4.79 Å². The lowest BCUT2D eigenvalue weighted by molar-refractivity contribution is 0.0734. The molecule has 1 unspecified atom stereocenters. The van der Waals surface area contributed by atoms with Crippen LogP contribution in [0.25, 0.3) is 0 Å². The summed E-state index contributed by atoms with van der Waals surface area (Å²) in [6.45, 7) is 13.0. The van der Waals surface area contributed by atoms with Crippen LogP contribution in [0.3, 0.4) is 0 Å². The molecule has 0 N–H and O–H groups in total. The van der Waals surface area contributed by atoms with E-state index >= 15 is 0 Å². The Morgan fingerprint density at radius 2 is 1.38 bits per heavy atom. The summed E-state index contributed by atoms with van der Waals surface area (Å²) in [5.74, 6) is 2.20. The Morgan fingerprint density at radius 1 is 0.812 bits per heavy atom. The van der Waals surface area contributed by atoms with E-state index in [2.05, 4.69) is 33.5 Å². The van der Waals surface area contributed by atoms with E-state index < -0.39 is 8.07 Å². The smallest absolute Gasteiger partial charge is 0.343 e. The summed E-state index contributed by atoms with van der Waals surface area (Å²) < 4.78 is 17.0. The SMILES string of the molecule is CCC(C)COc1ccc(OC(=O)c2ccc(OCCCCCC[Si](C)(C)C)cc2)cc1. The average Bonchev–Trinajstić information content (AvgIpc) is 2.77. The van der Waals surface area contributed by atoms with Crippen molar-refractivity contribution in [1.82, 2.24) is 0 Å². The Balaban J connectivity index is 1.70. The van der Waals surface area contributed by atoms with Crippen molar-refractivity contribution >= 4 is 14.0 Å². The summed E-state index contributed by atoms with van der Waals surface area (Å²) in [7, 11) is -0.904. The van der Waals surface area contributed by atoms with Gasteiger partial charge in [0.2, 0.25) is 0 Å². The molecule has 0 saturated heterocycles. The van der Waals surface area contributed by atoms with Gasteiger partial charge in [0.15, 0.2) is 0 Å². The molecule has 32 heavy (non-hydrogen) atoms. The zero-order valence-corrected chi connectivity index (χ0v) is 21.5. The van der Waals surface area contributed by atoms with Gasteiger partial charge in [-0.3, -0.25) is 0 Å². The first-order chi connectivity index (χ1) is 15.3. The molecule has 0 aliphatic heterocycles. The zero-order valence-electron chi connectivity index (χ0n) is 20.5. The number of rotatable bonds is 14. The minimum atomic E-state index is -0.904. The second-order valence-corrected chi connectivity index (χ2v) is 15.4. The highest BCUT2D eigenvalue weighted by Gasteiger charge is 2.12. The third-order valence-corrected chi connectivity index (χ3v) is 7.30. The van der Waals surface area contributed by atoms with Crippen molar-refractivity contribution in [2.45, 2.75) is 71.6 Å². The first-order valence-corrected chi connectivity index (χ1v) is 15.7. The van der Waals surface area contributed by atoms with E-state index in [-0.39, 0.29) is 5.97 Å². The number of hydrogen-bond acceptors (Lipinski definition) is 4. The Labute approximate surface area is 195 Å². The molecule has 2 rings (SSSR count). The monoisotopic (exact) mass is 456 g/mol. The van der Waals surface area contributed by atoms with E-state index in [0.29, 0.717) is 30.4 Å². The first-order valence-electron chi connectivity index (χ1n) is 11.9. The molecule has 0 saturated carbocycles. The van der Waals surface area contributed by atoms with Gasteiger partial charge in [-0.1, -0.05) is 65.2 Å². The van der Waals surface area contributed by atoms with Crippen molar-refractivity contribution in [3.05, 3.63) is 54.1 Å². The molecule has 0 heterocycles. The van der Waals surface area contributed by atoms with Gasteiger partial charge in [-0.2, -0.15) is 0 Å². The van der Waals surface area contributed by atoms with E-state index in [0.717, 1.165) is 24.3 Å². The number of carbonyl (C=O) groups excluding carboxylic acids is 1. The van der Waals surface area contributed by atoms with Gasteiger partial charge in [-0.05, 0) is 60.9 Å². The quantitative estimate of drug-likeness (QED) is 0.127. The molecule has 0 fully saturated rings. The fourth-order valence-corrected chi connectivity index (χ4v) is 4.43. The van der Waals surface area contributed by atoms with Crippen LogP contribution in [-0.2, 0) is 0 Å². The number of esters is 1. The van der Waals surface area contributed by atoms with Gasteiger partial charge in [0.1, 0.15) is 17.2 Å². The molecule has 0 bridgehead atoms. The third-order valence-electron chi connectivity index (χ3n) is 5.45. The highest BCUT2D eigenvalue weighted by Crippen LogP contribution is 2.21. The number of unbranched alkanes of at least 4 members (excludes halogenated alkanes) is 3. The van der Waals surface area contributed by atoms with Gasteiger partial charge >= 0.3 is 5.97 Å². The molecule has 0 amide bonds. The van der Waals surface area contributed by atoms with Gasteiger partial charge in [0, 0.05) is 8.07 Å². The summed E-state index contributed by atoms with van der Waals surface area (Å²) in [4.78, 5) is 12.4. The Morgan fingerprint density at radius 3 is 2.00 bits per heavy atom. The predicted molar refractivity (Wildman–Crippen MR) is 135 cm³/mol. The fraction of sp³-hybridized carbons (Fsp3) is 0.519. The summed E-state index contributed by atoms with van der Waals surface area (Å²) in [6, 6.07) is 15.7. The Hall–Kier alpha value is -2.27. The van der Waals surface area contributed by atoms with Crippen molar-refractivity contribution in [2.24, 2.45) is 5.92 Å². The Bertz CT molecular complexity index is 794. The summed E-state index contributed by atoms with van der Waals surface area (Å²) in [5.41, 5.74) is 0.501. The van der Waals surface area contributed by atoms with Crippen LogP contribution in [0.1, 0.15) is 56.3 Å². The van der Waals surface area contributed by atoms with Crippen LogP contribution >= 0.6 is 0 Å². The molecule has 0 radical (unpaired) electrons. The van der Waals surface area contributed by atoms with Crippen molar-refractivity contribution < 1.29 is 19.0 Å². The second-order valence-electron chi connectivity index (χ2n) is 9.78. The molecule has 4 nitrogen and oxygen atoms in total. The third kappa shape index (κ3) is 10.4. The molecule has 0 aliphatic carbocycles. The normalized spacial score (nSPS) is 12.3. The van der Waals surface area contributed by atoms with Crippen LogP contribution in [0, 0.1) is 5.92 Å². The number of hydrogen-bond donors (Lipinski definition) is 0. The van der Waals surface area contributed by atoms with E-state index in [1.165, 1.54) is 25.3 Å². The summed E-state index contributed by atoms with van der Waals surface area (Å²) >= 11 is 0. The molecular weight excluding hydrogens is 416 g/mol. The van der Waals surface area contributed by atoms with Crippen molar-refractivity contribution in [1.29, 1.82) is 0 Å². The minimum absolute atomic E-state index is 0.382. The minimum Gasteiger partial charge on any atom is -0.494 e. The first kappa shape index (κ1) is 26.0. The standard InChI is InChI=1S/C27H40O4Si/c1-6-22(2)21-30-25-15-17-26(18-16-25)31-27(28)23-11-13-24(14-12-23)29-19-9-7-8-10-20-32(3,4)5/h11-18,22H,6-10,19-21H2,1-5H3. The zero-order chi connectivity index (χ0) is 23.4. The maximum absolute atomic E-state index is 12.4. The molecule has 5 heteroatoms. The molecular formula is C27H40O4Si.